The Hall–Kier alpha value is -2.39. The van der Waals surface area contributed by atoms with Crippen LogP contribution < -0.4 is 0 Å². The van der Waals surface area contributed by atoms with Gasteiger partial charge in [-0.05, 0) is 40.1 Å². The third kappa shape index (κ3) is 2.68. The van der Waals surface area contributed by atoms with E-state index in [1.165, 1.54) is 0 Å². The van der Waals surface area contributed by atoms with Crippen molar-refractivity contribution in [3.8, 4) is 0 Å². The Morgan fingerprint density at radius 3 is 2.14 bits per heavy atom. The molecule has 3 heteroatoms. The minimum Gasteiger partial charge on any atom is -0.466 e. The van der Waals surface area contributed by atoms with Gasteiger partial charge in [-0.3, -0.25) is 4.79 Å². The first-order valence-electron chi connectivity index (χ1n) is 7.44. The Kier molecular flexibility index (Phi) is 4.07. The summed E-state index contributed by atoms with van der Waals surface area (Å²) < 4.78 is 4.96. The normalized spacial score (nSPS) is 12.5. The second-order valence-corrected chi connectivity index (χ2v) is 5.26. The summed E-state index contributed by atoms with van der Waals surface area (Å²) in [5.41, 5.74) is 0.793. The third-order valence-electron chi connectivity index (χ3n) is 3.81. The number of aliphatic hydroxyl groups excluding tert-OH is 1. The Morgan fingerprint density at radius 1 is 1.05 bits per heavy atom. The fourth-order valence-electron chi connectivity index (χ4n) is 2.89. The van der Waals surface area contributed by atoms with E-state index >= 15 is 0 Å². The van der Waals surface area contributed by atoms with Crippen molar-refractivity contribution in [2.45, 2.75) is 19.4 Å². The molecule has 0 heterocycles. The maximum atomic E-state index is 11.7. The van der Waals surface area contributed by atoms with Crippen LogP contribution in [0.3, 0.4) is 0 Å². The Bertz CT molecular complexity index is 769. The van der Waals surface area contributed by atoms with Crippen LogP contribution in [0.2, 0.25) is 0 Å². The number of ether oxygens (including phenoxy) is 1. The van der Waals surface area contributed by atoms with Crippen LogP contribution in [0.15, 0.2) is 54.6 Å². The molecule has 22 heavy (non-hydrogen) atoms. The minimum atomic E-state index is -0.880. The van der Waals surface area contributed by atoms with Crippen molar-refractivity contribution < 1.29 is 14.6 Å². The fourth-order valence-corrected chi connectivity index (χ4v) is 2.89. The number of esters is 1. The summed E-state index contributed by atoms with van der Waals surface area (Å²) in [6.45, 7) is 2.08. The molecule has 0 radical (unpaired) electrons. The van der Waals surface area contributed by atoms with Gasteiger partial charge >= 0.3 is 5.97 Å². The van der Waals surface area contributed by atoms with Crippen LogP contribution in [0.25, 0.3) is 21.5 Å². The van der Waals surface area contributed by atoms with Crippen molar-refractivity contribution >= 4 is 27.5 Å². The van der Waals surface area contributed by atoms with Crippen LogP contribution in [0.1, 0.15) is 25.0 Å². The average molecular weight is 294 g/mol. The number of fused-ring (bicyclic) bond motifs is 2. The van der Waals surface area contributed by atoms with Crippen molar-refractivity contribution in [1.29, 1.82) is 0 Å². The smallest absolute Gasteiger partial charge is 0.308 e. The van der Waals surface area contributed by atoms with Crippen LogP contribution in [0.5, 0.6) is 0 Å². The van der Waals surface area contributed by atoms with Crippen molar-refractivity contribution in [3.63, 3.8) is 0 Å². The number of benzene rings is 3. The van der Waals surface area contributed by atoms with Gasteiger partial charge in [0.2, 0.25) is 0 Å². The van der Waals surface area contributed by atoms with Gasteiger partial charge in [-0.15, -0.1) is 0 Å². The molecule has 0 fully saturated rings. The highest BCUT2D eigenvalue weighted by Gasteiger charge is 2.19. The molecule has 0 aliphatic carbocycles. The molecule has 0 saturated carbocycles. The summed E-state index contributed by atoms with van der Waals surface area (Å²) in [6, 6.07) is 17.9. The molecule has 0 spiro atoms. The summed E-state index contributed by atoms with van der Waals surface area (Å²) in [5, 5.41) is 14.7. The van der Waals surface area contributed by atoms with E-state index in [-0.39, 0.29) is 12.4 Å². The zero-order valence-corrected chi connectivity index (χ0v) is 12.5. The van der Waals surface area contributed by atoms with Gasteiger partial charge in [0.15, 0.2) is 0 Å². The highest BCUT2D eigenvalue weighted by Crippen LogP contribution is 2.34. The Labute approximate surface area is 129 Å². The van der Waals surface area contributed by atoms with Crippen LogP contribution in [-0.2, 0) is 9.53 Å². The van der Waals surface area contributed by atoms with Gasteiger partial charge in [0.25, 0.3) is 0 Å². The molecule has 3 aromatic carbocycles. The molecule has 1 atom stereocenters. The topological polar surface area (TPSA) is 46.5 Å². The van der Waals surface area contributed by atoms with Crippen LogP contribution >= 0.6 is 0 Å². The summed E-state index contributed by atoms with van der Waals surface area (Å²) >= 11 is 0. The second-order valence-electron chi connectivity index (χ2n) is 5.26. The number of carbonyl (C=O) groups is 1. The SMILES string of the molecule is CCOC(=O)CC(O)c1c2ccccc2cc2ccccc12. The summed E-state index contributed by atoms with van der Waals surface area (Å²) in [6.07, 6.45) is -0.915. The lowest BCUT2D eigenvalue weighted by Gasteiger charge is -2.16. The molecule has 112 valence electrons. The maximum absolute atomic E-state index is 11.7. The fraction of sp³-hybridized carbons (Fsp3) is 0.211. The van der Waals surface area contributed by atoms with E-state index in [0.29, 0.717) is 6.61 Å². The number of carbonyl (C=O) groups excluding carboxylic acids is 1. The molecule has 0 aliphatic rings. The molecule has 1 N–H and O–H groups in total. The van der Waals surface area contributed by atoms with Gasteiger partial charge in [-0.2, -0.15) is 0 Å². The Balaban J connectivity index is 2.17. The highest BCUT2D eigenvalue weighted by atomic mass is 16.5. The van der Waals surface area contributed by atoms with Crippen LogP contribution in [0.4, 0.5) is 0 Å². The molecular formula is C19H18O3. The van der Waals surface area contributed by atoms with E-state index in [9.17, 15) is 9.90 Å². The van der Waals surface area contributed by atoms with E-state index in [1.54, 1.807) is 6.92 Å². The van der Waals surface area contributed by atoms with Crippen molar-refractivity contribution in [1.82, 2.24) is 0 Å². The van der Waals surface area contributed by atoms with E-state index in [2.05, 4.69) is 6.07 Å². The first kappa shape index (κ1) is 14.5. The summed E-state index contributed by atoms with van der Waals surface area (Å²) in [4.78, 5) is 11.7. The van der Waals surface area contributed by atoms with Gasteiger partial charge in [-0.25, -0.2) is 0 Å². The molecule has 0 aromatic heterocycles. The molecule has 3 aromatic rings. The van der Waals surface area contributed by atoms with E-state index in [0.717, 1.165) is 27.1 Å². The minimum absolute atomic E-state index is 0.0359. The molecule has 0 bridgehead atoms. The monoisotopic (exact) mass is 294 g/mol. The summed E-state index contributed by atoms with van der Waals surface area (Å²) in [5.74, 6) is -0.382. The predicted molar refractivity (Wildman–Crippen MR) is 87.7 cm³/mol. The Morgan fingerprint density at radius 2 is 1.59 bits per heavy atom. The second kappa shape index (κ2) is 6.16. The van der Waals surface area contributed by atoms with Crippen LogP contribution in [0, 0.1) is 0 Å². The standard InChI is InChI=1S/C19H18O3/c1-2-22-18(21)12-17(20)19-15-9-5-3-7-13(15)11-14-8-4-6-10-16(14)19/h3-11,17,20H,2,12H2,1H3. The summed E-state index contributed by atoms with van der Waals surface area (Å²) in [7, 11) is 0. The first-order valence-corrected chi connectivity index (χ1v) is 7.44. The van der Waals surface area contributed by atoms with E-state index in [4.69, 9.17) is 4.74 Å². The number of rotatable bonds is 4. The van der Waals surface area contributed by atoms with Gasteiger partial charge < -0.3 is 9.84 Å². The van der Waals surface area contributed by atoms with Crippen molar-refractivity contribution in [3.05, 3.63) is 60.2 Å². The third-order valence-corrected chi connectivity index (χ3v) is 3.81. The molecule has 0 saturated heterocycles. The lowest BCUT2D eigenvalue weighted by Crippen LogP contribution is -2.10. The van der Waals surface area contributed by atoms with E-state index < -0.39 is 6.10 Å². The van der Waals surface area contributed by atoms with E-state index in [1.807, 2.05) is 48.5 Å². The maximum Gasteiger partial charge on any atom is 0.308 e. The van der Waals surface area contributed by atoms with Crippen molar-refractivity contribution in [2.24, 2.45) is 0 Å². The predicted octanol–water partition coefficient (Wildman–Crippen LogP) is 3.98. The van der Waals surface area contributed by atoms with Gasteiger partial charge in [-0.1, -0.05) is 48.5 Å². The molecule has 0 amide bonds. The molecule has 3 nitrogen and oxygen atoms in total. The number of aliphatic hydroxyl groups is 1. The number of hydrogen-bond acceptors (Lipinski definition) is 3. The number of hydrogen-bond donors (Lipinski definition) is 1. The largest absolute Gasteiger partial charge is 0.466 e. The molecule has 3 rings (SSSR count). The lowest BCUT2D eigenvalue weighted by molar-refractivity contribution is -0.145. The zero-order chi connectivity index (χ0) is 15.5. The first-order chi connectivity index (χ1) is 10.7. The quantitative estimate of drug-likeness (QED) is 0.585. The van der Waals surface area contributed by atoms with Crippen LogP contribution in [-0.4, -0.2) is 17.7 Å². The van der Waals surface area contributed by atoms with Gasteiger partial charge in [0.1, 0.15) is 0 Å². The lowest BCUT2D eigenvalue weighted by atomic mass is 9.92. The highest BCUT2D eigenvalue weighted by molar-refractivity contribution is 6.02. The molecular weight excluding hydrogens is 276 g/mol. The molecule has 0 aliphatic heterocycles. The van der Waals surface area contributed by atoms with Crippen molar-refractivity contribution in [2.75, 3.05) is 6.61 Å². The zero-order valence-electron chi connectivity index (χ0n) is 12.5. The average Bonchev–Trinajstić information content (AvgIpc) is 2.52. The molecule has 1 unspecified atom stereocenters. The van der Waals surface area contributed by atoms with Gasteiger partial charge in [0, 0.05) is 0 Å². The van der Waals surface area contributed by atoms with Gasteiger partial charge in [0.05, 0.1) is 19.1 Å².